The fourth-order valence-corrected chi connectivity index (χ4v) is 2.86. The molecular formula is C21H22N4O3. The van der Waals surface area contributed by atoms with Crippen LogP contribution in [0.15, 0.2) is 53.3 Å². The molecule has 28 heavy (non-hydrogen) atoms. The lowest BCUT2D eigenvalue weighted by Gasteiger charge is -2.13. The first-order valence-corrected chi connectivity index (χ1v) is 9.13. The standard InChI is InChI=1S/C21H22N4O3/c1-4-14-9-11-15(12-10-14)19(26)22-23-20(27)18-16-7-5-6-8-17(16)21(28)25(24-18)13(2)3/h5-13H,4H2,1-3H3,(H,22,26)(H,23,27). The number of nitrogens with zero attached hydrogens (tertiary/aromatic N) is 2. The summed E-state index contributed by atoms with van der Waals surface area (Å²) in [5, 5.41) is 5.05. The molecule has 0 radical (unpaired) electrons. The van der Waals surface area contributed by atoms with Crippen molar-refractivity contribution in [3.8, 4) is 0 Å². The zero-order valence-electron chi connectivity index (χ0n) is 16.0. The first kappa shape index (κ1) is 19.3. The zero-order valence-corrected chi connectivity index (χ0v) is 16.0. The van der Waals surface area contributed by atoms with Crippen LogP contribution in [0, 0.1) is 0 Å². The minimum absolute atomic E-state index is 0.0746. The van der Waals surface area contributed by atoms with E-state index in [0.717, 1.165) is 12.0 Å². The predicted molar refractivity (Wildman–Crippen MR) is 107 cm³/mol. The van der Waals surface area contributed by atoms with Gasteiger partial charge in [0, 0.05) is 10.9 Å². The Bertz CT molecular complexity index is 1080. The summed E-state index contributed by atoms with van der Waals surface area (Å²) in [6.07, 6.45) is 0.878. The van der Waals surface area contributed by atoms with Gasteiger partial charge in [0.05, 0.1) is 11.4 Å². The third-order valence-electron chi connectivity index (χ3n) is 4.45. The van der Waals surface area contributed by atoms with E-state index in [-0.39, 0.29) is 17.3 Å². The summed E-state index contributed by atoms with van der Waals surface area (Å²) in [5.74, 6) is -1.03. The van der Waals surface area contributed by atoms with Crippen LogP contribution in [0.2, 0.25) is 0 Å². The third kappa shape index (κ3) is 3.78. The largest absolute Gasteiger partial charge is 0.290 e. The van der Waals surface area contributed by atoms with Gasteiger partial charge in [0.25, 0.3) is 17.4 Å². The molecule has 0 aliphatic carbocycles. The minimum atomic E-state index is -0.593. The monoisotopic (exact) mass is 378 g/mol. The molecular weight excluding hydrogens is 356 g/mol. The van der Waals surface area contributed by atoms with Crippen LogP contribution in [0.25, 0.3) is 10.8 Å². The van der Waals surface area contributed by atoms with Crippen molar-refractivity contribution in [3.05, 3.63) is 75.7 Å². The number of hydrogen-bond donors (Lipinski definition) is 2. The van der Waals surface area contributed by atoms with Gasteiger partial charge < -0.3 is 0 Å². The Kier molecular flexibility index (Phi) is 5.54. The number of nitrogens with one attached hydrogen (secondary N) is 2. The molecule has 0 bridgehead atoms. The molecule has 0 fully saturated rings. The van der Waals surface area contributed by atoms with E-state index < -0.39 is 11.8 Å². The number of aromatic nitrogens is 2. The molecule has 0 saturated carbocycles. The first-order valence-electron chi connectivity index (χ1n) is 9.13. The van der Waals surface area contributed by atoms with Crippen LogP contribution in [-0.2, 0) is 6.42 Å². The maximum absolute atomic E-state index is 12.7. The summed E-state index contributed by atoms with van der Waals surface area (Å²) in [6.45, 7) is 5.66. The molecule has 0 unspecified atom stereocenters. The van der Waals surface area contributed by atoms with Crippen molar-refractivity contribution >= 4 is 22.6 Å². The lowest BCUT2D eigenvalue weighted by atomic mass is 10.1. The third-order valence-corrected chi connectivity index (χ3v) is 4.45. The SMILES string of the molecule is CCc1ccc(C(=O)NNC(=O)c2nn(C(C)C)c(=O)c3ccccc23)cc1. The van der Waals surface area contributed by atoms with E-state index in [4.69, 9.17) is 0 Å². The van der Waals surface area contributed by atoms with Crippen LogP contribution in [0.1, 0.15) is 53.2 Å². The summed E-state index contributed by atoms with van der Waals surface area (Å²) in [7, 11) is 0. The number of hydrazine groups is 1. The number of carbonyl (C=O) groups is 2. The van der Waals surface area contributed by atoms with Crippen LogP contribution in [0.3, 0.4) is 0 Å². The number of rotatable bonds is 4. The van der Waals surface area contributed by atoms with Crippen LogP contribution in [0.4, 0.5) is 0 Å². The number of fused-ring (bicyclic) bond motifs is 1. The maximum atomic E-state index is 12.7. The molecule has 0 saturated heterocycles. The molecule has 1 heterocycles. The Morgan fingerprint density at radius 2 is 1.57 bits per heavy atom. The molecule has 0 aliphatic rings. The first-order chi connectivity index (χ1) is 13.4. The van der Waals surface area contributed by atoms with Gasteiger partial charge in [-0.05, 0) is 44.0 Å². The molecule has 2 N–H and O–H groups in total. The molecule has 2 aromatic carbocycles. The van der Waals surface area contributed by atoms with Crippen molar-refractivity contribution in [2.75, 3.05) is 0 Å². The summed E-state index contributed by atoms with van der Waals surface area (Å²) >= 11 is 0. The minimum Gasteiger partial charge on any atom is -0.267 e. The van der Waals surface area contributed by atoms with Gasteiger partial charge >= 0.3 is 0 Å². The summed E-state index contributed by atoms with van der Waals surface area (Å²) in [4.78, 5) is 37.5. The van der Waals surface area contributed by atoms with Gasteiger partial charge in [-0.25, -0.2) is 4.68 Å². The van der Waals surface area contributed by atoms with E-state index in [1.165, 1.54) is 4.68 Å². The van der Waals surface area contributed by atoms with Crippen molar-refractivity contribution in [1.82, 2.24) is 20.6 Å². The quantitative estimate of drug-likeness (QED) is 0.683. The van der Waals surface area contributed by atoms with Gasteiger partial charge in [0.2, 0.25) is 0 Å². The van der Waals surface area contributed by atoms with Gasteiger partial charge in [-0.1, -0.05) is 37.3 Å². The molecule has 7 nitrogen and oxygen atoms in total. The van der Waals surface area contributed by atoms with Crippen molar-refractivity contribution < 1.29 is 9.59 Å². The van der Waals surface area contributed by atoms with E-state index in [1.54, 1.807) is 36.4 Å². The molecule has 1 aromatic heterocycles. The summed E-state index contributed by atoms with van der Waals surface area (Å²) in [6, 6.07) is 13.7. The van der Waals surface area contributed by atoms with Crippen LogP contribution >= 0.6 is 0 Å². The maximum Gasteiger partial charge on any atom is 0.290 e. The van der Waals surface area contributed by atoms with E-state index in [2.05, 4.69) is 16.0 Å². The van der Waals surface area contributed by atoms with E-state index in [1.807, 2.05) is 32.9 Å². The molecule has 144 valence electrons. The van der Waals surface area contributed by atoms with E-state index in [0.29, 0.717) is 16.3 Å². The average molecular weight is 378 g/mol. The van der Waals surface area contributed by atoms with E-state index in [9.17, 15) is 14.4 Å². The number of aryl methyl sites for hydroxylation is 1. The number of hydrogen-bond acceptors (Lipinski definition) is 4. The summed E-state index contributed by atoms with van der Waals surface area (Å²) < 4.78 is 1.27. The van der Waals surface area contributed by atoms with Gasteiger partial charge in [-0.3, -0.25) is 25.2 Å². The molecule has 2 amide bonds. The summed E-state index contributed by atoms with van der Waals surface area (Å²) in [5.41, 5.74) is 6.15. The van der Waals surface area contributed by atoms with Crippen molar-refractivity contribution in [3.63, 3.8) is 0 Å². The van der Waals surface area contributed by atoms with Gasteiger partial charge in [-0.2, -0.15) is 5.10 Å². The second-order valence-corrected chi connectivity index (χ2v) is 6.70. The lowest BCUT2D eigenvalue weighted by molar-refractivity contribution is 0.0843. The second kappa shape index (κ2) is 8.04. The van der Waals surface area contributed by atoms with Crippen molar-refractivity contribution in [1.29, 1.82) is 0 Å². The van der Waals surface area contributed by atoms with Gasteiger partial charge in [-0.15, -0.1) is 0 Å². The topological polar surface area (TPSA) is 93.1 Å². The van der Waals surface area contributed by atoms with Crippen LogP contribution in [-0.4, -0.2) is 21.6 Å². The smallest absolute Gasteiger partial charge is 0.267 e. The van der Waals surface area contributed by atoms with Gasteiger partial charge in [0.15, 0.2) is 5.69 Å². The Labute approximate surface area is 162 Å². The molecule has 7 heteroatoms. The van der Waals surface area contributed by atoms with Crippen molar-refractivity contribution in [2.45, 2.75) is 33.2 Å². The Morgan fingerprint density at radius 1 is 0.964 bits per heavy atom. The van der Waals surface area contributed by atoms with Crippen LogP contribution in [0.5, 0.6) is 0 Å². The fourth-order valence-electron chi connectivity index (χ4n) is 2.86. The zero-order chi connectivity index (χ0) is 20.3. The van der Waals surface area contributed by atoms with Crippen molar-refractivity contribution in [2.24, 2.45) is 0 Å². The molecule has 0 aliphatic heterocycles. The van der Waals surface area contributed by atoms with Crippen LogP contribution < -0.4 is 16.4 Å². The number of carbonyl (C=O) groups excluding carboxylic acids is 2. The average Bonchev–Trinajstić information content (AvgIpc) is 2.72. The Morgan fingerprint density at radius 3 is 2.18 bits per heavy atom. The second-order valence-electron chi connectivity index (χ2n) is 6.70. The Balaban J connectivity index is 1.86. The highest BCUT2D eigenvalue weighted by Crippen LogP contribution is 2.14. The molecule has 3 aromatic rings. The number of amides is 2. The lowest BCUT2D eigenvalue weighted by Crippen LogP contribution is -2.43. The predicted octanol–water partition coefficient (Wildman–Crippen LogP) is 2.61. The molecule has 0 atom stereocenters. The highest BCUT2D eigenvalue weighted by Gasteiger charge is 2.18. The van der Waals surface area contributed by atoms with Gasteiger partial charge in [0.1, 0.15) is 0 Å². The number of benzene rings is 2. The molecule has 3 rings (SSSR count). The molecule has 0 spiro atoms. The fraction of sp³-hybridized carbons (Fsp3) is 0.238. The van der Waals surface area contributed by atoms with E-state index >= 15 is 0 Å². The Hall–Kier alpha value is -3.48. The highest BCUT2D eigenvalue weighted by molar-refractivity contribution is 6.06. The normalized spacial score (nSPS) is 10.9. The highest BCUT2D eigenvalue weighted by atomic mass is 16.2.